The van der Waals surface area contributed by atoms with Crippen LogP contribution in [-0.4, -0.2) is 37.4 Å². The van der Waals surface area contributed by atoms with Crippen molar-refractivity contribution in [3.05, 3.63) is 29.8 Å². The van der Waals surface area contributed by atoms with E-state index in [1.54, 1.807) is 0 Å². The Morgan fingerprint density at radius 1 is 1.35 bits per heavy atom. The maximum Gasteiger partial charge on any atom is 0.0630 e. The SMILES string of the molecule is CNC1(CO)CCCN(c2ccc(C)cc2)C1. The number of rotatable bonds is 3. The van der Waals surface area contributed by atoms with Gasteiger partial charge in [0, 0.05) is 18.8 Å². The Morgan fingerprint density at radius 3 is 2.65 bits per heavy atom. The van der Waals surface area contributed by atoms with Gasteiger partial charge >= 0.3 is 0 Å². The average Bonchev–Trinajstić information content (AvgIpc) is 2.39. The van der Waals surface area contributed by atoms with E-state index in [2.05, 4.69) is 41.4 Å². The monoisotopic (exact) mass is 234 g/mol. The molecule has 3 heteroatoms. The summed E-state index contributed by atoms with van der Waals surface area (Å²) in [7, 11) is 1.94. The Balaban J connectivity index is 2.14. The van der Waals surface area contributed by atoms with Gasteiger partial charge in [-0.05, 0) is 38.9 Å². The lowest BCUT2D eigenvalue weighted by Crippen LogP contribution is -2.58. The number of hydrogen-bond donors (Lipinski definition) is 2. The Hall–Kier alpha value is -1.06. The number of nitrogens with one attached hydrogen (secondary N) is 1. The molecule has 2 rings (SSSR count). The van der Waals surface area contributed by atoms with Gasteiger partial charge in [-0.3, -0.25) is 0 Å². The van der Waals surface area contributed by atoms with Gasteiger partial charge in [0.1, 0.15) is 0 Å². The largest absolute Gasteiger partial charge is 0.394 e. The molecule has 0 saturated carbocycles. The first-order valence-electron chi connectivity index (χ1n) is 6.30. The molecule has 1 heterocycles. The summed E-state index contributed by atoms with van der Waals surface area (Å²) in [6.45, 7) is 4.26. The molecule has 3 nitrogen and oxygen atoms in total. The molecule has 0 spiro atoms. The zero-order valence-electron chi connectivity index (χ0n) is 10.7. The number of aliphatic hydroxyl groups excluding tert-OH is 1. The standard InChI is InChI=1S/C14H22N2O/c1-12-4-6-13(7-5-12)16-9-3-8-14(10-16,11-17)15-2/h4-7,15,17H,3,8-11H2,1-2H3. The molecule has 0 radical (unpaired) electrons. The van der Waals surface area contributed by atoms with Crippen molar-refractivity contribution in [3.8, 4) is 0 Å². The summed E-state index contributed by atoms with van der Waals surface area (Å²) in [5, 5.41) is 12.8. The second kappa shape index (κ2) is 5.07. The van der Waals surface area contributed by atoms with Crippen LogP contribution in [0.15, 0.2) is 24.3 Å². The van der Waals surface area contributed by atoms with Crippen LogP contribution in [0.3, 0.4) is 0 Å². The fourth-order valence-electron chi connectivity index (χ4n) is 2.52. The molecule has 1 aliphatic rings. The van der Waals surface area contributed by atoms with Crippen LogP contribution in [0.4, 0.5) is 5.69 Å². The van der Waals surface area contributed by atoms with E-state index in [1.165, 1.54) is 11.3 Å². The zero-order chi connectivity index (χ0) is 12.3. The van der Waals surface area contributed by atoms with E-state index in [0.29, 0.717) is 0 Å². The van der Waals surface area contributed by atoms with Crippen molar-refractivity contribution in [1.29, 1.82) is 0 Å². The highest BCUT2D eigenvalue weighted by Crippen LogP contribution is 2.25. The lowest BCUT2D eigenvalue weighted by atomic mass is 9.89. The molecule has 0 amide bonds. The molecule has 0 bridgehead atoms. The van der Waals surface area contributed by atoms with Gasteiger partial charge in [-0.1, -0.05) is 17.7 Å². The maximum atomic E-state index is 9.56. The smallest absolute Gasteiger partial charge is 0.0630 e. The van der Waals surface area contributed by atoms with E-state index in [0.717, 1.165) is 25.9 Å². The van der Waals surface area contributed by atoms with Gasteiger partial charge < -0.3 is 15.3 Å². The van der Waals surface area contributed by atoms with Gasteiger partial charge in [-0.2, -0.15) is 0 Å². The van der Waals surface area contributed by atoms with Gasteiger partial charge in [0.15, 0.2) is 0 Å². The van der Waals surface area contributed by atoms with E-state index in [1.807, 2.05) is 7.05 Å². The molecule has 1 aromatic rings. The molecular formula is C14H22N2O. The second-order valence-electron chi connectivity index (χ2n) is 5.05. The molecular weight excluding hydrogens is 212 g/mol. The first kappa shape index (κ1) is 12.4. The number of hydrogen-bond acceptors (Lipinski definition) is 3. The molecule has 1 aromatic carbocycles. The van der Waals surface area contributed by atoms with Gasteiger partial charge in [0.2, 0.25) is 0 Å². The third-order valence-corrected chi connectivity index (χ3v) is 3.81. The molecule has 2 N–H and O–H groups in total. The van der Waals surface area contributed by atoms with Crippen LogP contribution in [0.2, 0.25) is 0 Å². The van der Waals surface area contributed by atoms with Crippen LogP contribution >= 0.6 is 0 Å². The first-order valence-corrected chi connectivity index (χ1v) is 6.30. The highest BCUT2D eigenvalue weighted by atomic mass is 16.3. The van der Waals surface area contributed by atoms with Gasteiger partial charge in [0.25, 0.3) is 0 Å². The van der Waals surface area contributed by atoms with Crippen LogP contribution in [0.1, 0.15) is 18.4 Å². The predicted molar refractivity (Wildman–Crippen MR) is 71.5 cm³/mol. The molecule has 1 aliphatic heterocycles. The number of aryl methyl sites for hydroxylation is 1. The summed E-state index contributed by atoms with van der Waals surface area (Å²) in [5.41, 5.74) is 2.40. The van der Waals surface area contributed by atoms with E-state index in [-0.39, 0.29) is 12.1 Å². The third-order valence-electron chi connectivity index (χ3n) is 3.81. The number of likely N-dealkylation sites (N-methyl/N-ethyl adjacent to an activating group) is 1. The number of nitrogens with zero attached hydrogens (tertiary/aromatic N) is 1. The average molecular weight is 234 g/mol. The van der Waals surface area contributed by atoms with E-state index in [4.69, 9.17) is 0 Å². The van der Waals surface area contributed by atoms with Crippen LogP contribution in [0.5, 0.6) is 0 Å². The van der Waals surface area contributed by atoms with Crippen LogP contribution in [0, 0.1) is 6.92 Å². The Labute approximate surface area is 103 Å². The summed E-state index contributed by atoms with van der Waals surface area (Å²) in [5.74, 6) is 0. The molecule has 1 atom stereocenters. The summed E-state index contributed by atoms with van der Waals surface area (Å²) in [4.78, 5) is 2.36. The van der Waals surface area contributed by atoms with Crippen molar-refractivity contribution in [2.75, 3.05) is 31.6 Å². The molecule has 1 saturated heterocycles. The summed E-state index contributed by atoms with van der Waals surface area (Å²) < 4.78 is 0. The lowest BCUT2D eigenvalue weighted by Gasteiger charge is -2.42. The maximum absolute atomic E-state index is 9.56. The number of piperidine rings is 1. The van der Waals surface area contributed by atoms with Crippen molar-refractivity contribution in [3.63, 3.8) is 0 Å². The van der Waals surface area contributed by atoms with Crippen molar-refractivity contribution in [1.82, 2.24) is 5.32 Å². The van der Waals surface area contributed by atoms with Crippen molar-refractivity contribution in [2.45, 2.75) is 25.3 Å². The topological polar surface area (TPSA) is 35.5 Å². The van der Waals surface area contributed by atoms with Crippen LogP contribution in [0.25, 0.3) is 0 Å². The highest BCUT2D eigenvalue weighted by Gasteiger charge is 2.33. The zero-order valence-corrected chi connectivity index (χ0v) is 10.7. The Morgan fingerprint density at radius 2 is 2.06 bits per heavy atom. The van der Waals surface area contributed by atoms with Crippen molar-refractivity contribution < 1.29 is 5.11 Å². The molecule has 94 valence electrons. The van der Waals surface area contributed by atoms with Crippen molar-refractivity contribution >= 4 is 5.69 Å². The fourth-order valence-corrected chi connectivity index (χ4v) is 2.52. The van der Waals surface area contributed by atoms with E-state index < -0.39 is 0 Å². The van der Waals surface area contributed by atoms with Gasteiger partial charge in [-0.15, -0.1) is 0 Å². The second-order valence-corrected chi connectivity index (χ2v) is 5.05. The quantitative estimate of drug-likeness (QED) is 0.833. The molecule has 0 aliphatic carbocycles. The van der Waals surface area contributed by atoms with Gasteiger partial charge in [0.05, 0.1) is 12.1 Å². The van der Waals surface area contributed by atoms with Crippen LogP contribution < -0.4 is 10.2 Å². The number of anilines is 1. The normalized spacial score (nSPS) is 25.0. The third kappa shape index (κ3) is 2.61. The van der Waals surface area contributed by atoms with E-state index >= 15 is 0 Å². The highest BCUT2D eigenvalue weighted by molar-refractivity contribution is 5.48. The van der Waals surface area contributed by atoms with Crippen LogP contribution in [-0.2, 0) is 0 Å². The molecule has 1 fully saturated rings. The van der Waals surface area contributed by atoms with Gasteiger partial charge in [-0.25, -0.2) is 0 Å². The lowest BCUT2D eigenvalue weighted by molar-refractivity contribution is 0.149. The minimum absolute atomic E-state index is 0.136. The van der Waals surface area contributed by atoms with E-state index in [9.17, 15) is 5.11 Å². The summed E-state index contributed by atoms with van der Waals surface area (Å²) in [6.07, 6.45) is 2.16. The molecule has 0 aromatic heterocycles. The first-order chi connectivity index (χ1) is 8.19. The Kier molecular flexibility index (Phi) is 3.69. The predicted octanol–water partition coefficient (Wildman–Crippen LogP) is 1.55. The minimum atomic E-state index is -0.136. The summed E-state index contributed by atoms with van der Waals surface area (Å²) in [6, 6.07) is 8.62. The number of aliphatic hydroxyl groups is 1. The molecule has 17 heavy (non-hydrogen) atoms. The number of benzene rings is 1. The Bertz CT molecular complexity index is 357. The molecule has 1 unspecified atom stereocenters. The van der Waals surface area contributed by atoms with Crippen molar-refractivity contribution in [2.24, 2.45) is 0 Å². The summed E-state index contributed by atoms with van der Waals surface area (Å²) >= 11 is 0. The minimum Gasteiger partial charge on any atom is -0.394 e. The fraction of sp³-hybridized carbons (Fsp3) is 0.571.